The molecule has 1 aliphatic rings. The molecule has 0 heterocycles. The first-order valence-electron chi connectivity index (χ1n) is 6.37. The van der Waals surface area contributed by atoms with Crippen LogP contribution in [0.15, 0.2) is 24.3 Å². The maximum atomic E-state index is 11.9. The lowest BCUT2D eigenvalue weighted by atomic mass is 9.81. The Labute approximate surface area is 108 Å². The van der Waals surface area contributed by atoms with Gasteiger partial charge in [-0.25, -0.2) is 0 Å². The number of rotatable bonds is 4. The van der Waals surface area contributed by atoms with E-state index in [9.17, 15) is 4.79 Å². The molecule has 0 unspecified atom stereocenters. The van der Waals surface area contributed by atoms with Gasteiger partial charge in [-0.15, -0.1) is 0 Å². The number of hydrogen-bond donors (Lipinski definition) is 2. The highest BCUT2D eigenvalue weighted by atomic mass is 16.1. The lowest BCUT2D eigenvalue weighted by molar-refractivity contribution is 0.0935. The first-order valence-corrected chi connectivity index (χ1v) is 6.37. The van der Waals surface area contributed by atoms with E-state index in [2.05, 4.69) is 5.32 Å². The van der Waals surface area contributed by atoms with Gasteiger partial charge in [0.1, 0.15) is 0 Å². The first kappa shape index (κ1) is 12.9. The molecule has 0 bridgehead atoms. The van der Waals surface area contributed by atoms with E-state index in [0.29, 0.717) is 17.5 Å². The highest BCUT2D eigenvalue weighted by Gasteiger charge is 2.25. The average molecular weight is 247 g/mol. The predicted molar refractivity (Wildman–Crippen MR) is 73.8 cm³/mol. The maximum absolute atomic E-state index is 11.9. The number of hydrogen-bond acceptors (Lipinski definition) is 3. The molecule has 1 amide bonds. The van der Waals surface area contributed by atoms with Crippen molar-refractivity contribution in [3.8, 4) is 0 Å². The van der Waals surface area contributed by atoms with Gasteiger partial charge in [0.2, 0.25) is 0 Å². The largest absolute Gasteiger partial charge is 0.378 e. The van der Waals surface area contributed by atoms with E-state index in [4.69, 9.17) is 5.73 Å². The number of nitrogens with one attached hydrogen (secondary N) is 1. The van der Waals surface area contributed by atoms with Crippen molar-refractivity contribution in [1.29, 1.82) is 0 Å². The monoisotopic (exact) mass is 247 g/mol. The van der Waals surface area contributed by atoms with Crippen molar-refractivity contribution in [3.63, 3.8) is 0 Å². The van der Waals surface area contributed by atoms with Gasteiger partial charge in [-0.2, -0.15) is 0 Å². The van der Waals surface area contributed by atoms with Crippen LogP contribution in [0.25, 0.3) is 0 Å². The zero-order valence-corrected chi connectivity index (χ0v) is 11.0. The Kier molecular flexibility index (Phi) is 3.87. The Morgan fingerprint density at radius 2 is 1.94 bits per heavy atom. The van der Waals surface area contributed by atoms with Crippen LogP contribution in [0.3, 0.4) is 0 Å². The van der Waals surface area contributed by atoms with Crippen molar-refractivity contribution in [1.82, 2.24) is 5.32 Å². The summed E-state index contributed by atoms with van der Waals surface area (Å²) in [6.07, 6.45) is 2.06. The summed E-state index contributed by atoms with van der Waals surface area (Å²) in [6.45, 7) is 0.738. The fourth-order valence-corrected chi connectivity index (χ4v) is 2.20. The van der Waals surface area contributed by atoms with Crippen molar-refractivity contribution >= 4 is 11.6 Å². The third-order valence-corrected chi connectivity index (χ3v) is 3.47. The molecule has 0 atom stereocenters. The molecule has 0 radical (unpaired) electrons. The van der Waals surface area contributed by atoms with Crippen LogP contribution in [0.1, 0.15) is 23.2 Å². The molecule has 0 saturated heterocycles. The van der Waals surface area contributed by atoms with Crippen LogP contribution in [0.4, 0.5) is 5.69 Å². The van der Waals surface area contributed by atoms with E-state index in [1.807, 2.05) is 43.3 Å². The van der Waals surface area contributed by atoms with Gasteiger partial charge in [0.15, 0.2) is 0 Å². The second kappa shape index (κ2) is 5.40. The van der Waals surface area contributed by atoms with Gasteiger partial charge in [-0.05, 0) is 43.0 Å². The Hall–Kier alpha value is -1.55. The van der Waals surface area contributed by atoms with Crippen molar-refractivity contribution in [2.24, 2.45) is 11.7 Å². The fraction of sp³-hybridized carbons (Fsp3) is 0.500. The molecule has 3 N–H and O–H groups in total. The van der Waals surface area contributed by atoms with Crippen molar-refractivity contribution < 1.29 is 4.79 Å². The molecule has 1 saturated carbocycles. The Morgan fingerprint density at radius 1 is 1.33 bits per heavy atom. The molecule has 0 aromatic heterocycles. The molecule has 0 spiro atoms. The number of nitrogens with zero attached hydrogens (tertiary/aromatic N) is 1. The second-order valence-electron chi connectivity index (χ2n) is 5.25. The lowest BCUT2D eigenvalue weighted by Crippen LogP contribution is -2.42. The maximum Gasteiger partial charge on any atom is 0.251 e. The summed E-state index contributed by atoms with van der Waals surface area (Å²) in [5.74, 6) is 0.561. The minimum Gasteiger partial charge on any atom is -0.378 e. The quantitative estimate of drug-likeness (QED) is 0.841. The summed E-state index contributed by atoms with van der Waals surface area (Å²) in [5.41, 5.74) is 7.52. The molecular formula is C14H21N3O. The number of benzene rings is 1. The first-order chi connectivity index (χ1) is 8.56. The summed E-state index contributed by atoms with van der Waals surface area (Å²) < 4.78 is 0. The molecule has 1 aromatic rings. The van der Waals surface area contributed by atoms with Crippen molar-refractivity contribution in [2.45, 2.75) is 18.9 Å². The molecule has 4 heteroatoms. The van der Waals surface area contributed by atoms with Gasteiger partial charge in [0, 0.05) is 37.9 Å². The zero-order chi connectivity index (χ0) is 13.1. The Bertz CT molecular complexity index is 408. The van der Waals surface area contributed by atoms with Gasteiger partial charge < -0.3 is 16.0 Å². The van der Waals surface area contributed by atoms with Crippen LogP contribution < -0.4 is 16.0 Å². The number of anilines is 1. The summed E-state index contributed by atoms with van der Waals surface area (Å²) in [5, 5.41) is 2.96. The lowest BCUT2D eigenvalue weighted by Gasteiger charge is -2.32. The number of amides is 1. The summed E-state index contributed by atoms with van der Waals surface area (Å²) in [6, 6.07) is 7.96. The Morgan fingerprint density at radius 3 is 2.44 bits per heavy atom. The third-order valence-electron chi connectivity index (χ3n) is 3.47. The highest BCUT2D eigenvalue weighted by Crippen LogP contribution is 2.24. The minimum atomic E-state index is 0.000720. The fourth-order valence-electron chi connectivity index (χ4n) is 2.20. The van der Waals surface area contributed by atoms with E-state index in [1.165, 1.54) is 0 Å². The third kappa shape index (κ3) is 3.01. The molecule has 2 rings (SSSR count). The van der Waals surface area contributed by atoms with Crippen LogP contribution in [-0.2, 0) is 0 Å². The van der Waals surface area contributed by atoms with E-state index in [1.54, 1.807) is 0 Å². The highest BCUT2D eigenvalue weighted by molar-refractivity contribution is 5.94. The van der Waals surface area contributed by atoms with Crippen LogP contribution in [0.5, 0.6) is 0 Å². The zero-order valence-electron chi connectivity index (χ0n) is 11.0. The molecule has 1 aromatic carbocycles. The number of carbonyl (C=O) groups is 1. The second-order valence-corrected chi connectivity index (χ2v) is 5.25. The van der Waals surface area contributed by atoms with E-state index < -0.39 is 0 Å². The smallest absolute Gasteiger partial charge is 0.251 e. The van der Waals surface area contributed by atoms with Crippen LogP contribution in [0.2, 0.25) is 0 Å². The van der Waals surface area contributed by atoms with E-state index >= 15 is 0 Å². The van der Waals surface area contributed by atoms with Gasteiger partial charge >= 0.3 is 0 Å². The topological polar surface area (TPSA) is 58.4 Å². The summed E-state index contributed by atoms with van der Waals surface area (Å²) in [4.78, 5) is 13.9. The average Bonchev–Trinajstić information content (AvgIpc) is 2.33. The van der Waals surface area contributed by atoms with Crippen molar-refractivity contribution in [3.05, 3.63) is 29.8 Å². The molecule has 98 valence electrons. The molecule has 4 nitrogen and oxygen atoms in total. The predicted octanol–water partition coefficient (Wildman–Crippen LogP) is 1.22. The minimum absolute atomic E-state index is 0.000720. The number of nitrogens with two attached hydrogens (primary N) is 1. The molecular weight excluding hydrogens is 226 g/mol. The van der Waals surface area contributed by atoms with E-state index in [-0.39, 0.29) is 5.91 Å². The summed E-state index contributed by atoms with van der Waals surface area (Å²) >= 11 is 0. The van der Waals surface area contributed by atoms with Crippen LogP contribution in [-0.4, -0.2) is 32.6 Å². The standard InChI is InChI=1S/C14H21N3O/c1-17(2)13-5-3-11(4-6-13)14(18)16-9-10-7-12(15)8-10/h3-6,10,12H,7-9,15H2,1-2H3,(H,16,18). The molecule has 1 aliphatic carbocycles. The van der Waals surface area contributed by atoms with Crippen LogP contribution in [0, 0.1) is 5.92 Å². The van der Waals surface area contributed by atoms with Crippen molar-refractivity contribution in [2.75, 3.05) is 25.5 Å². The molecule has 0 aliphatic heterocycles. The number of carbonyl (C=O) groups excluding carboxylic acids is 1. The van der Waals surface area contributed by atoms with Gasteiger partial charge in [-0.1, -0.05) is 0 Å². The van der Waals surface area contributed by atoms with Gasteiger partial charge in [0.25, 0.3) is 5.91 Å². The SMILES string of the molecule is CN(C)c1ccc(C(=O)NCC2CC(N)C2)cc1. The van der Waals surface area contributed by atoms with Gasteiger partial charge in [0.05, 0.1) is 0 Å². The van der Waals surface area contributed by atoms with E-state index in [0.717, 1.165) is 25.1 Å². The Balaban J connectivity index is 1.84. The normalized spacial score (nSPS) is 22.2. The molecule has 1 fully saturated rings. The van der Waals surface area contributed by atoms with Gasteiger partial charge in [-0.3, -0.25) is 4.79 Å². The summed E-state index contributed by atoms with van der Waals surface area (Å²) in [7, 11) is 3.96. The van der Waals surface area contributed by atoms with Crippen LogP contribution >= 0.6 is 0 Å². The molecule has 18 heavy (non-hydrogen) atoms.